The van der Waals surface area contributed by atoms with Crippen LogP contribution < -0.4 is 9.47 Å². The molecule has 5 heteroatoms. The van der Waals surface area contributed by atoms with Crippen molar-refractivity contribution in [3.05, 3.63) is 29.5 Å². The van der Waals surface area contributed by atoms with Gasteiger partial charge in [0, 0.05) is 17.5 Å². The first-order chi connectivity index (χ1) is 8.83. The second-order valence-corrected chi connectivity index (χ2v) is 4.00. The highest BCUT2D eigenvalue weighted by molar-refractivity contribution is 5.73. The third-order valence-electron chi connectivity index (χ3n) is 3.04. The smallest absolute Gasteiger partial charge is 0.166 e. The average molecular weight is 241 g/mol. The molecule has 0 aliphatic carbocycles. The second kappa shape index (κ2) is 4.08. The summed E-state index contributed by atoms with van der Waals surface area (Å²) in [7, 11) is 1.62. The number of methoxy groups -OCH3 is 1. The van der Waals surface area contributed by atoms with E-state index in [1.54, 1.807) is 7.11 Å². The molecule has 1 N–H and O–H groups in total. The van der Waals surface area contributed by atoms with Gasteiger partial charge >= 0.3 is 0 Å². The maximum Gasteiger partial charge on any atom is 0.166 e. The standard InChI is InChI=1S/C13H11N3O2/c1-17-8-2-3-12-10(6-8)13-9(4-5-18-12)11(7-14)15-16-13/h2-3,6H,4-5H2,1H3,(H,15,16). The van der Waals surface area contributed by atoms with Gasteiger partial charge in [0.2, 0.25) is 0 Å². The van der Waals surface area contributed by atoms with Gasteiger partial charge in [-0.05, 0) is 18.2 Å². The topological polar surface area (TPSA) is 70.9 Å². The van der Waals surface area contributed by atoms with Gasteiger partial charge in [0.05, 0.1) is 19.4 Å². The molecule has 0 atom stereocenters. The van der Waals surface area contributed by atoms with Crippen LogP contribution in [0.4, 0.5) is 0 Å². The van der Waals surface area contributed by atoms with E-state index in [0.29, 0.717) is 18.7 Å². The van der Waals surface area contributed by atoms with Gasteiger partial charge in [-0.15, -0.1) is 0 Å². The normalized spacial score (nSPS) is 12.7. The summed E-state index contributed by atoms with van der Waals surface area (Å²) in [4.78, 5) is 0. The van der Waals surface area contributed by atoms with Gasteiger partial charge in [0.1, 0.15) is 17.6 Å². The van der Waals surface area contributed by atoms with Crippen LogP contribution in [-0.2, 0) is 6.42 Å². The minimum atomic E-state index is 0.435. The van der Waals surface area contributed by atoms with Gasteiger partial charge in [-0.3, -0.25) is 5.10 Å². The second-order valence-electron chi connectivity index (χ2n) is 4.00. The van der Waals surface area contributed by atoms with Gasteiger partial charge < -0.3 is 9.47 Å². The van der Waals surface area contributed by atoms with Crippen molar-refractivity contribution in [1.29, 1.82) is 5.26 Å². The number of nitrogens with one attached hydrogen (secondary N) is 1. The Hall–Kier alpha value is -2.48. The fourth-order valence-corrected chi connectivity index (χ4v) is 2.14. The Balaban J connectivity index is 2.23. The lowest BCUT2D eigenvalue weighted by Gasteiger charge is -2.08. The van der Waals surface area contributed by atoms with Crippen LogP contribution in [0.2, 0.25) is 0 Å². The van der Waals surface area contributed by atoms with E-state index < -0.39 is 0 Å². The largest absolute Gasteiger partial charge is 0.497 e. The van der Waals surface area contributed by atoms with Gasteiger partial charge in [0.15, 0.2) is 5.69 Å². The zero-order chi connectivity index (χ0) is 12.5. The highest BCUT2D eigenvalue weighted by Crippen LogP contribution is 2.37. The molecule has 90 valence electrons. The Kier molecular flexibility index (Phi) is 2.41. The number of hydrogen-bond donors (Lipinski definition) is 1. The number of aromatic nitrogens is 2. The van der Waals surface area contributed by atoms with Crippen molar-refractivity contribution in [1.82, 2.24) is 10.2 Å². The van der Waals surface area contributed by atoms with Crippen LogP contribution >= 0.6 is 0 Å². The summed E-state index contributed by atoms with van der Waals surface area (Å²) >= 11 is 0. The van der Waals surface area contributed by atoms with Gasteiger partial charge in [-0.25, -0.2) is 0 Å². The monoisotopic (exact) mass is 241 g/mol. The maximum atomic E-state index is 9.03. The van der Waals surface area contributed by atoms with E-state index in [1.807, 2.05) is 18.2 Å². The quantitative estimate of drug-likeness (QED) is 0.827. The van der Waals surface area contributed by atoms with E-state index in [2.05, 4.69) is 16.3 Å². The number of benzene rings is 1. The lowest BCUT2D eigenvalue weighted by atomic mass is 10.0. The Morgan fingerprint density at radius 1 is 1.50 bits per heavy atom. The first kappa shape index (κ1) is 10.7. The lowest BCUT2D eigenvalue weighted by Crippen LogP contribution is -1.99. The molecule has 0 amide bonds. The fourth-order valence-electron chi connectivity index (χ4n) is 2.14. The number of ether oxygens (including phenoxy) is 2. The zero-order valence-electron chi connectivity index (χ0n) is 9.86. The van der Waals surface area contributed by atoms with Gasteiger partial charge in [-0.1, -0.05) is 0 Å². The Bertz CT molecular complexity index is 640. The number of aromatic amines is 1. The minimum Gasteiger partial charge on any atom is -0.497 e. The third-order valence-corrected chi connectivity index (χ3v) is 3.04. The Labute approximate surface area is 104 Å². The maximum absolute atomic E-state index is 9.03. The zero-order valence-corrected chi connectivity index (χ0v) is 9.86. The van der Waals surface area contributed by atoms with Crippen molar-refractivity contribution >= 4 is 0 Å². The molecule has 1 aliphatic heterocycles. The van der Waals surface area contributed by atoms with Gasteiger partial charge in [-0.2, -0.15) is 10.4 Å². The molecule has 2 heterocycles. The van der Waals surface area contributed by atoms with Crippen molar-refractivity contribution in [2.24, 2.45) is 0 Å². The first-order valence-electron chi connectivity index (χ1n) is 5.62. The van der Waals surface area contributed by atoms with Crippen LogP contribution in [0.3, 0.4) is 0 Å². The van der Waals surface area contributed by atoms with Crippen LogP contribution in [0.25, 0.3) is 11.3 Å². The van der Waals surface area contributed by atoms with Crippen LogP contribution in [-0.4, -0.2) is 23.9 Å². The average Bonchev–Trinajstić information content (AvgIpc) is 2.73. The third kappa shape index (κ3) is 1.51. The number of nitriles is 1. The molecule has 0 saturated carbocycles. The summed E-state index contributed by atoms with van der Waals surface area (Å²) < 4.78 is 10.9. The van der Waals surface area contributed by atoms with Crippen molar-refractivity contribution in [2.45, 2.75) is 6.42 Å². The highest BCUT2D eigenvalue weighted by Gasteiger charge is 2.21. The molecule has 1 aromatic carbocycles. The van der Waals surface area contributed by atoms with E-state index in [4.69, 9.17) is 14.7 Å². The summed E-state index contributed by atoms with van der Waals surface area (Å²) in [6.07, 6.45) is 0.672. The first-order valence-corrected chi connectivity index (χ1v) is 5.62. The van der Waals surface area contributed by atoms with Crippen LogP contribution in [0, 0.1) is 11.3 Å². The number of fused-ring (bicyclic) bond motifs is 3. The van der Waals surface area contributed by atoms with E-state index in [1.165, 1.54) is 0 Å². The summed E-state index contributed by atoms with van der Waals surface area (Å²) in [6, 6.07) is 7.70. The molecule has 0 unspecified atom stereocenters. The summed E-state index contributed by atoms with van der Waals surface area (Å²) in [5.41, 5.74) is 3.07. The molecule has 0 saturated heterocycles. The van der Waals surface area contributed by atoms with Crippen molar-refractivity contribution in [2.75, 3.05) is 13.7 Å². The SMILES string of the molecule is COc1ccc2c(c1)-c1[nH]nc(C#N)c1CCO2. The summed E-state index contributed by atoms with van der Waals surface area (Å²) in [5.74, 6) is 1.53. The highest BCUT2D eigenvalue weighted by atomic mass is 16.5. The molecule has 2 aromatic rings. The molecule has 0 fully saturated rings. The van der Waals surface area contributed by atoms with Crippen LogP contribution in [0.1, 0.15) is 11.3 Å². The van der Waals surface area contributed by atoms with E-state index in [0.717, 1.165) is 28.3 Å². The predicted octanol–water partition coefficient (Wildman–Crippen LogP) is 1.89. The molecule has 1 aromatic heterocycles. The number of nitrogens with zero attached hydrogens (tertiary/aromatic N) is 2. The number of rotatable bonds is 1. The number of hydrogen-bond acceptors (Lipinski definition) is 4. The molecular formula is C13H11N3O2. The molecule has 0 bridgehead atoms. The Morgan fingerprint density at radius 2 is 2.39 bits per heavy atom. The Morgan fingerprint density at radius 3 is 3.17 bits per heavy atom. The number of H-pyrrole nitrogens is 1. The molecule has 3 rings (SSSR count). The molecule has 18 heavy (non-hydrogen) atoms. The lowest BCUT2D eigenvalue weighted by molar-refractivity contribution is 0.325. The molecule has 5 nitrogen and oxygen atoms in total. The summed E-state index contributed by atoms with van der Waals surface area (Å²) in [5, 5.41) is 16.0. The minimum absolute atomic E-state index is 0.435. The van der Waals surface area contributed by atoms with Crippen molar-refractivity contribution in [3.63, 3.8) is 0 Å². The van der Waals surface area contributed by atoms with E-state index in [9.17, 15) is 0 Å². The van der Waals surface area contributed by atoms with Crippen molar-refractivity contribution < 1.29 is 9.47 Å². The molecule has 0 radical (unpaired) electrons. The molecule has 0 spiro atoms. The van der Waals surface area contributed by atoms with E-state index >= 15 is 0 Å². The van der Waals surface area contributed by atoms with Crippen LogP contribution in [0.5, 0.6) is 11.5 Å². The van der Waals surface area contributed by atoms with Crippen molar-refractivity contribution in [3.8, 4) is 28.8 Å². The van der Waals surface area contributed by atoms with Crippen LogP contribution in [0.15, 0.2) is 18.2 Å². The molecular weight excluding hydrogens is 230 g/mol. The fraction of sp³-hybridized carbons (Fsp3) is 0.231. The molecule has 1 aliphatic rings. The summed E-state index contributed by atoms with van der Waals surface area (Å²) in [6.45, 7) is 0.542. The van der Waals surface area contributed by atoms with Gasteiger partial charge in [0.25, 0.3) is 0 Å². The van der Waals surface area contributed by atoms with E-state index in [-0.39, 0.29) is 0 Å². The predicted molar refractivity (Wildman–Crippen MR) is 64.5 cm³/mol.